The number of hydrogen-bond acceptors (Lipinski definition) is 12. The molecule has 1 heterocycles. The van der Waals surface area contributed by atoms with Crippen LogP contribution in [0, 0.1) is 0 Å². The van der Waals surface area contributed by atoms with E-state index in [1.807, 2.05) is 0 Å². The van der Waals surface area contributed by atoms with Gasteiger partial charge in [0.1, 0.15) is 61.9 Å². The zero-order valence-electron chi connectivity index (χ0n) is 13.6. The molecule has 156 valence electrons. The number of nitrogens with one attached hydrogen (secondary N) is 1. The Morgan fingerprint density at radius 3 is 2.12 bits per heavy atom. The summed E-state index contributed by atoms with van der Waals surface area (Å²) < 4.78 is 36.6. The third kappa shape index (κ3) is 6.01. The van der Waals surface area contributed by atoms with Crippen molar-refractivity contribution in [3.05, 3.63) is 0 Å². The Labute approximate surface area is 149 Å². The second-order valence-electron chi connectivity index (χ2n) is 6.18. The molecule has 1 saturated heterocycles. The highest BCUT2D eigenvalue weighted by Gasteiger charge is 2.46. The molecule has 1 aliphatic rings. The van der Waals surface area contributed by atoms with Gasteiger partial charge in [-0.25, -0.2) is 8.42 Å². The summed E-state index contributed by atoms with van der Waals surface area (Å²) in [6.45, 7) is -2.22. The van der Waals surface area contributed by atoms with Crippen LogP contribution in [0.5, 0.6) is 0 Å². The number of hydrogen-bond donors (Lipinski definition) is 9. The van der Waals surface area contributed by atoms with Gasteiger partial charge >= 0.3 is 0 Å². The molecule has 0 aliphatic carbocycles. The molecule has 0 amide bonds. The number of quaternary nitrogens is 1. The Hall–Kier alpha value is -0.490. The molecule has 0 aromatic rings. The van der Waals surface area contributed by atoms with Crippen molar-refractivity contribution >= 4 is 10.4 Å². The number of rotatable bonds is 10. The fourth-order valence-corrected chi connectivity index (χ4v) is 3.44. The van der Waals surface area contributed by atoms with Gasteiger partial charge in [0.05, 0.1) is 13.2 Å². The highest BCUT2D eigenvalue weighted by atomic mass is 32.3. The lowest BCUT2D eigenvalue weighted by atomic mass is 9.99. The van der Waals surface area contributed by atoms with Gasteiger partial charge in [-0.1, -0.05) is 0 Å². The average molecular weight is 407 g/mol. The smallest absolute Gasteiger partial charge is 0.218 e. The number of likely N-dealkylation sites (tertiary alicyclic amines) is 1. The van der Waals surface area contributed by atoms with Crippen LogP contribution in [0.2, 0.25) is 0 Å². The summed E-state index contributed by atoms with van der Waals surface area (Å²) in [6, 6.07) is -0.936. The van der Waals surface area contributed by atoms with E-state index in [0.29, 0.717) is 0 Å². The van der Waals surface area contributed by atoms with Crippen LogP contribution in [0.1, 0.15) is 0 Å². The van der Waals surface area contributed by atoms with E-state index in [4.69, 9.17) is 5.11 Å². The molecule has 9 atom stereocenters. The Morgan fingerprint density at radius 1 is 1.08 bits per heavy atom. The summed E-state index contributed by atoms with van der Waals surface area (Å²) in [7, 11) is -5.44. The molecule has 0 aromatic heterocycles. The standard InChI is InChI=1S/C12H25NO12S/c14-3-5-9(19)6(16)1-13(5)2-7(17)12(25-26(22,23)24)11(21)10(20)8(18)4-15/h5-12,14-21H,1-4H2,(H,22,23,24)/t5-,6-,7-,8+,9-,10+,11-,12-/m1/s1. The van der Waals surface area contributed by atoms with Crippen molar-refractivity contribution in [1.29, 1.82) is 0 Å². The summed E-state index contributed by atoms with van der Waals surface area (Å²) in [4.78, 5) is 0.223. The lowest BCUT2D eigenvalue weighted by Gasteiger charge is -2.33. The fourth-order valence-electron chi connectivity index (χ4n) is 2.92. The molecule has 0 radical (unpaired) electrons. The van der Waals surface area contributed by atoms with E-state index < -0.39 is 78.9 Å². The molecule has 1 aliphatic heterocycles. The summed E-state index contributed by atoms with van der Waals surface area (Å²) in [6.07, 6.45) is -13.0. The molecular weight excluding hydrogens is 382 g/mol. The van der Waals surface area contributed by atoms with Crippen molar-refractivity contribution < 1.29 is 62.9 Å². The monoisotopic (exact) mass is 407 g/mol. The molecule has 13 nitrogen and oxygen atoms in total. The maximum atomic E-state index is 10.9. The molecule has 0 aromatic carbocycles. The van der Waals surface area contributed by atoms with Gasteiger partial charge in [-0.2, -0.15) is 0 Å². The van der Waals surface area contributed by atoms with Crippen LogP contribution in [0.25, 0.3) is 0 Å². The molecule has 1 unspecified atom stereocenters. The maximum absolute atomic E-state index is 10.9. The lowest BCUT2D eigenvalue weighted by Crippen LogP contribution is -3.16. The Bertz CT molecular complexity index is 532. The van der Waals surface area contributed by atoms with Crippen LogP contribution in [-0.2, 0) is 14.6 Å². The molecule has 9 N–H and O–H groups in total. The van der Waals surface area contributed by atoms with Crippen molar-refractivity contribution in [3.63, 3.8) is 0 Å². The maximum Gasteiger partial charge on any atom is 0.218 e. The summed E-state index contributed by atoms with van der Waals surface area (Å²) >= 11 is 0. The SMILES string of the molecule is O=S(=O)([O-])O[C@@H]([C@H](O)[C@@H](O)[C@@H](O)CO)[C@H](O)C[NH+]1C[C@@H](O)[C@H](O)[C@H]1CO. The Kier molecular flexibility index (Phi) is 8.72. The summed E-state index contributed by atoms with van der Waals surface area (Å²) in [5.74, 6) is 0. The van der Waals surface area contributed by atoms with Crippen molar-refractivity contribution in [2.24, 2.45) is 0 Å². The van der Waals surface area contributed by atoms with Gasteiger partial charge in [0.2, 0.25) is 10.4 Å². The Balaban J connectivity index is 2.95. The first kappa shape index (κ1) is 23.5. The third-order valence-corrected chi connectivity index (χ3v) is 4.80. The lowest BCUT2D eigenvalue weighted by molar-refractivity contribution is -0.919. The van der Waals surface area contributed by atoms with Crippen molar-refractivity contribution in [1.82, 2.24) is 0 Å². The van der Waals surface area contributed by atoms with Crippen LogP contribution in [-0.4, -0.2) is 129 Å². The molecule has 26 heavy (non-hydrogen) atoms. The zero-order valence-corrected chi connectivity index (χ0v) is 14.4. The van der Waals surface area contributed by atoms with E-state index in [9.17, 15) is 48.7 Å². The van der Waals surface area contributed by atoms with Crippen LogP contribution in [0.4, 0.5) is 0 Å². The van der Waals surface area contributed by atoms with Gasteiger partial charge < -0.3 is 50.3 Å². The van der Waals surface area contributed by atoms with Gasteiger partial charge in [0.25, 0.3) is 0 Å². The van der Waals surface area contributed by atoms with E-state index in [1.165, 1.54) is 0 Å². The first-order valence-electron chi connectivity index (χ1n) is 7.71. The average Bonchev–Trinajstić information content (AvgIpc) is 2.82. The predicted molar refractivity (Wildman–Crippen MR) is 79.3 cm³/mol. The summed E-state index contributed by atoms with van der Waals surface area (Å²) in [5, 5.41) is 76.5. The topological polar surface area (TPSA) is 233 Å². The third-order valence-electron chi connectivity index (χ3n) is 4.35. The van der Waals surface area contributed by atoms with Crippen molar-refractivity contribution in [2.75, 3.05) is 26.3 Å². The molecule has 14 heteroatoms. The number of aliphatic hydroxyl groups is 8. The van der Waals surface area contributed by atoms with Crippen molar-refractivity contribution in [2.45, 2.75) is 48.8 Å². The highest BCUT2D eigenvalue weighted by molar-refractivity contribution is 7.80. The summed E-state index contributed by atoms with van der Waals surface area (Å²) in [5.41, 5.74) is 0. The van der Waals surface area contributed by atoms with E-state index in [2.05, 4.69) is 4.18 Å². The molecule has 0 bridgehead atoms. The number of aliphatic hydroxyl groups excluding tert-OH is 8. The van der Waals surface area contributed by atoms with Crippen LogP contribution in [0.15, 0.2) is 0 Å². The van der Waals surface area contributed by atoms with E-state index in [0.717, 1.165) is 0 Å². The zero-order chi connectivity index (χ0) is 20.2. The van der Waals surface area contributed by atoms with E-state index in [1.54, 1.807) is 0 Å². The minimum absolute atomic E-state index is 0.141. The van der Waals surface area contributed by atoms with Crippen molar-refractivity contribution in [3.8, 4) is 0 Å². The minimum atomic E-state index is -5.44. The van der Waals surface area contributed by atoms with Gasteiger partial charge in [-0.15, -0.1) is 0 Å². The van der Waals surface area contributed by atoms with Gasteiger partial charge in [-0.05, 0) is 0 Å². The predicted octanol–water partition coefficient (Wildman–Crippen LogP) is -7.75. The molecule has 0 spiro atoms. The minimum Gasteiger partial charge on any atom is -0.726 e. The van der Waals surface area contributed by atoms with E-state index in [-0.39, 0.29) is 11.4 Å². The molecular formula is C12H25NO12S. The normalized spacial score (nSPS) is 32.8. The second-order valence-corrected chi connectivity index (χ2v) is 7.19. The quantitative estimate of drug-likeness (QED) is 0.121. The van der Waals surface area contributed by atoms with Gasteiger partial charge in [0, 0.05) is 0 Å². The Morgan fingerprint density at radius 2 is 1.65 bits per heavy atom. The highest BCUT2D eigenvalue weighted by Crippen LogP contribution is 2.14. The van der Waals surface area contributed by atoms with Crippen LogP contribution < -0.4 is 4.90 Å². The van der Waals surface area contributed by atoms with Crippen LogP contribution >= 0.6 is 0 Å². The van der Waals surface area contributed by atoms with Gasteiger partial charge in [0.15, 0.2) is 0 Å². The van der Waals surface area contributed by atoms with E-state index >= 15 is 0 Å². The first-order valence-corrected chi connectivity index (χ1v) is 9.05. The van der Waals surface area contributed by atoms with Crippen LogP contribution in [0.3, 0.4) is 0 Å². The molecule has 1 fully saturated rings. The second kappa shape index (κ2) is 9.63. The molecule has 0 saturated carbocycles. The fraction of sp³-hybridized carbons (Fsp3) is 1.00. The first-order chi connectivity index (χ1) is 11.9. The van der Waals surface area contributed by atoms with Gasteiger partial charge in [-0.3, -0.25) is 4.18 Å². The molecule has 1 rings (SSSR count). The largest absolute Gasteiger partial charge is 0.726 e.